The summed E-state index contributed by atoms with van der Waals surface area (Å²) in [5, 5.41) is 4.44. The lowest BCUT2D eigenvalue weighted by Gasteiger charge is -2.17. The molecule has 0 unspecified atom stereocenters. The number of carbonyl (C=O) groups excluding carboxylic acids is 1. The highest BCUT2D eigenvalue weighted by Gasteiger charge is 2.28. The van der Waals surface area contributed by atoms with Crippen molar-refractivity contribution in [2.24, 2.45) is 0 Å². The molecule has 5 rings (SSSR count). The maximum absolute atomic E-state index is 13.0. The molecule has 0 saturated carbocycles. The van der Waals surface area contributed by atoms with Crippen LogP contribution in [0.1, 0.15) is 28.8 Å². The molecule has 1 heterocycles. The van der Waals surface area contributed by atoms with Crippen LogP contribution in [0.3, 0.4) is 0 Å². The van der Waals surface area contributed by atoms with Gasteiger partial charge in [0.1, 0.15) is 0 Å². The average Bonchev–Trinajstić information content (AvgIpc) is 3.45. The van der Waals surface area contributed by atoms with E-state index in [1.165, 1.54) is 40.7 Å². The Kier molecular flexibility index (Phi) is 6.95. The van der Waals surface area contributed by atoms with Crippen LogP contribution in [0.4, 0.5) is 11.4 Å². The van der Waals surface area contributed by atoms with Crippen molar-refractivity contribution < 1.29 is 21.6 Å². The standard InChI is InChI=1S/C28H27N3O5S2/c1-20-11-14-24(38(35,36)31-17-4-5-18-31)19-26(20)28(32)29-22-12-15-23(16-13-22)37(33,34)30-27-10-6-8-21-7-2-3-9-25(21)27/h2-3,6-16,19,30H,4-5,17-18H2,1H3,(H,29,32). The largest absolute Gasteiger partial charge is 0.322 e. The number of aryl methyl sites for hydroxylation is 1. The van der Waals surface area contributed by atoms with Crippen molar-refractivity contribution in [3.05, 3.63) is 96.1 Å². The average molecular weight is 550 g/mol. The molecular weight excluding hydrogens is 522 g/mol. The van der Waals surface area contributed by atoms with Crippen LogP contribution in [0.25, 0.3) is 10.8 Å². The van der Waals surface area contributed by atoms with Crippen LogP contribution in [-0.4, -0.2) is 40.1 Å². The van der Waals surface area contributed by atoms with Crippen molar-refractivity contribution >= 4 is 48.1 Å². The van der Waals surface area contributed by atoms with Crippen molar-refractivity contribution in [3.8, 4) is 0 Å². The number of hydrogen-bond donors (Lipinski definition) is 2. The first-order valence-corrected chi connectivity index (χ1v) is 15.1. The summed E-state index contributed by atoms with van der Waals surface area (Å²) < 4.78 is 56.0. The number of fused-ring (bicyclic) bond motifs is 1. The lowest BCUT2D eigenvalue weighted by Crippen LogP contribution is -2.28. The molecule has 0 aliphatic carbocycles. The van der Waals surface area contributed by atoms with Gasteiger partial charge in [0.25, 0.3) is 15.9 Å². The van der Waals surface area contributed by atoms with Crippen LogP contribution in [0.15, 0.2) is 94.7 Å². The van der Waals surface area contributed by atoms with Crippen LogP contribution < -0.4 is 10.0 Å². The minimum atomic E-state index is -3.87. The highest BCUT2D eigenvalue weighted by Crippen LogP contribution is 2.27. The van der Waals surface area contributed by atoms with Crippen LogP contribution in [0.5, 0.6) is 0 Å². The van der Waals surface area contributed by atoms with E-state index in [1.54, 1.807) is 25.1 Å². The van der Waals surface area contributed by atoms with Gasteiger partial charge in [-0.1, -0.05) is 42.5 Å². The summed E-state index contributed by atoms with van der Waals surface area (Å²) in [7, 11) is -7.54. The van der Waals surface area contributed by atoms with Crippen molar-refractivity contribution in [2.75, 3.05) is 23.1 Å². The third kappa shape index (κ3) is 5.15. The molecule has 1 amide bonds. The number of benzene rings is 4. The van der Waals surface area contributed by atoms with E-state index in [1.807, 2.05) is 30.3 Å². The summed E-state index contributed by atoms with van der Waals surface area (Å²) in [4.78, 5) is 13.2. The zero-order valence-corrected chi connectivity index (χ0v) is 22.3. The number of hydrogen-bond acceptors (Lipinski definition) is 5. The molecule has 1 fully saturated rings. The zero-order valence-electron chi connectivity index (χ0n) is 20.7. The van der Waals surface area contributed by atoms with Gasteiger partial charge in [0.05, 0.1) is 15.5 Å². The van der Waals surface area contributed by atoms with Crippen LogP contribution in [0, 0.1) is 6.92 Å². The molecule has 0 radical (unpaired) electrons. The summed E-state index contributed by atoms with van der Waals surface area (Å²) in [5.41, 5.74) is 1.71. The molecule has 0 spiro atoms. The van der Waals surface area contributed by atoms with Gasteiger partial charge < -0.3 is 5.32 Å². The van der Waals surface area contributed by atoms with Crippen LogP contribution in [0.2, 0.25) is 0 Å². The first-order valence-electron chi connectivity index (χ1n) is 12.2. The maximum Gasteiger partial charge on any atom is 0.261 e. The van der Waals surface area contributed by atoms with Crippen molar-refractivity contribution in [1.82, 2.24) is 4.31 Å². The summed E-state index contributed by atoms with van der Waals surface area (Å²) >= 11 is 0. The molecule has 38 heavy (non-hydrogen) atoms. The monoisotopic (exact) mass is 549 g/mol. The third-order valence-electron chi connectivity index (χ3n) is 6.61. The number of rotatable bonds is 7. The number of nitrogens with one attached hydrogen (secondary N) is 2. The lowest BCUT2D eigenvalue weighted by atomic mass is 10.1. The molecule has 4 aromatic rings. The molecule has 1 aliphatic heterocycles. The van der Waals surface area contributed by atoms with Crippen molar-refractivity contribution in [1.29, 1.82) is 0 Å². The SMILES string of the molecule is Cc1ccc(S(=O)(=O)N2CCCC2)cc1C(=O)Nc1ccc(S(=O)(=O)Nc2cccc3ccccc23)cc1. The second kappa shape index (κ2) is 10.2. The smallest absolute Gasteiger partial charge is 0.261 e. The molecule has 10 heteroatoms. The molecule has 0 atom stereocenters. The van der Waals surface area contributed by atoms with Gasteiger partial charge in [0.15, 0.2) is 0 Å². The molecular formula is C28H27N3O5S2. The van der Waals surface area contributed by atoms with E-state index < -0.39 is 26.0 Å². The first-order chi connectivity index (χ1) is 18.1. The van der Waals surface area contributed by atoms with Gasteiger partial charge >= 0.3 is 0 Å². The van der Waals surface area contributed by atoms with E-state index in [0.717, 1.165) is 23.6 Å². The highest BCUT2D eigenvalue weighted by molar-refractivity contribution is 7.92. The van der Waals surface area contributed by atoms with Crippen LogP contribution in [-0.2, 0) is 20.0 Å². The van der Waals surface area contributed by atoms with Gasteiger partial charge in [-0.25, -0.2) is 16.8 Å². The topological polar surface area (TPSA) is 113 Å². The minimum absolute atomic E-state index is 0.0401. The molecule has 2 N–H and O–H groups in total. The molecule has 1 aliphatic rings. The Labute approximate surface area is 222 Å². The number of carbonyl (C=O) groups is 1. The Hall–Kier alpha value is -3.73. The maximum atomic E-state index is 13.0. The summed E-state index contributed by atoms with van der Waals surface area (Å²) in [5.74, 6) is -0.481. The summed E-state index contributed by atoms with van der Waals surface area (Å²) in [6.07, 6.45) is 1.64. The molecule has 0 bridgehead atoms. The quantitative estimate of drug-likeness (QED) is 0.337. The molecule has 1 saturated heterocycles. The minimum Gasteiger partial charge on any atom is -0.322 e. The fraction of sp³-hybridized carbons (Fsp3) is 0.179. The Morgan fingerprint density at radius 2 is 1.45 bits per heavy atom. The number of nitrogens with zero attached hydrogens (tertiary/aromatic N) is 1. The van der Waals surface area contributed by atoms with Gasteiger partial charge in [-0.15, -0.1) is 0 Å². The Morgan fingerprint density at radius 3 is 2.18 bits per heavy atom. The number of anilines is 2. The number of sulfonamides is 2. The second-order valence-electron chi connectivity index (χ2n) is 9.20. The van der Waals surface area contributed by atoms with E-state index in [9.17, 15) is 21.6 Å². The molecule has 0 aromatic heterocycles. The lowest BCUT2D eigenvalue weighted by molar-refractivity contribution is 0.102. The molecule has 4 aromatic carbocycles. The predicted octanol–water partition coefficient (Wildman–Crippen LogP) is 4.99. The molecule has 8 nitrogen and oxygen atoms in total. The summed E-state index contributed by atoms with van der Waals surface area (Å²) in [6, 6.07) is 23.2. The normalized spacial score (nSPS) is 14.4. The highest BCUT2D eigenvalue weighted by atomic mass is 32.2. The van der Waals surface area contributed by atoms with Crippen LogP contribution >= 0.6 is 0 Å². The van der Waals surface area contributed by atoms with Gasteiger partial charge in [0.2, 0.25) is 10.0 Å². The van der Waals surface area contributed by atoms with Gasteiger partial charge in [0, 0.05) is 29.7 Å². The van der Waals surface area contributed by atoms with Crippen molar-refractivity contribution in [2.45, 2.75) is 29.6 Å². The summed E-state index contributed by atoms with van der Waals surface area (Å²) in [6.45, 7) is 2.68. The van der Waals surface area contributed by atoms with E-state index in [0.29, 0.717) is 30.0 Å². The van der Waals surface area contributed by atoms with E-state index >= 15 is 0 Å². The van der Waals surface area contributed by atoms with Gasteiger partial charge in [-0.05, 0) is 73.2 Å². The predicted molar refractivity (Wildman–Crippen MR) is 148 cm³/mol. The Bertz CT molecular complexity index is 1720. The Morgan fingerprint density at radius 1 is 0.789 bits per heavy atom. The van der Waals surface area contributed by atoms with Crippen molar-refractivity contribution in [3.63, 3.8) is 0 Å². The first kappa shape index (κ1) is 25.9. The third-order valence-corrected chi connectivity index (χ3v) is 9.89. The van der Waals surface area contributed by atoms with Gasteiger partial charge in [-0.3, -0.25) is 9.52 Å². The fourth-order valence-corrected chi connectivity index (χ4v) is 7.14. The fourth-order valence-electron chi connectivity index (χ4n) is 4.52. The number of amides is 1. The molecule has 196 valence electrons. The van der Waals surface area contributed by atoms with E-state index in [2.05, 4.69) is 10.0 Å². The second-order valence-corrected chi connectivity index (χ2v) is 12.8. The van der Waals surface area contributed by atoms with E-state index in [4.69, 9.17) is 0 Å². The van der Waals surface area contributed by atoms with Gasteiger partial charge in [-0.2, -0.15) is 4.31 Å². The van der Waals surface area contributed by atoms with E-state index in [-0.39, 0.29) is 15.4 Å². The zero-order chi connectivity index (χ0) is 26.9. The Balaban J connectivity index is 1.33.